The number of ether oxygens (including phenoxy) is 1. The first kappa shape index (κ1) is 18.3. The van der Waals surface area contributed by atoms with E-state index in [1.54, 1.807) is 30.3 Å². The summed E-state index contributed by atoms with van der Waals surface area (Å²) >= 11 is 12.0. The molecular weight excluding hydrogens is 379 g/mol. The smallest absolute Gasteiger partial charge is 0.269 e. The van der Waals surface area contributed by atoms with Gasteiger partial charge < -0.3 is 15.8 Å². The number of amides is 2. The lowest BCUT2D eigenvalue weighted by Gasteiger charge is -2.32. The van der Waals surface area contributed by atoms with Crippen LogP contribution in [-0.4, -0.2) is 29.4 Å². The molecule has 1 unspecified atom stereocenters. The second-order valence-corrected chi connectivity index (χ2v) is 6.43. The van der Waals surface area contributed by atoms with Gasteiger partial charge in [0, 0.05) is 0 Å². The van der Waals surface area contributed by atoms with E-state index in [0.29, 0.717) is 22.9 Å². The van der Waals surface area contributed by atoms with E-state index in [1.165, 1.54) is 4.90 Å². The maximum atomic E-state index is 12.6. The van der Waals surface area contributed by atoms with Crippen LogP contribution < -0.4 is 20.7 Å². The van der Waals surface area contributed by atoms with Gasteiger partial charge in [-0.25, -0.2) is 4.98 Å². The minimum atomic E-state index is -0.685. The highest BCUT2D eigenvalue weighted by molar-refractivity contribution is 6.44. The van der Waals surface area contributed by atoms with Crippen LogP contribution in [0.15, 0.2) is 30.3 Å². The van der Waals surface area contributed by atoms with Crippen LogP contribution in [-0.2, 0) is 9.59 Å². The van der Waals surface area contributed by atoms with Crippen LogP contribution in [0.3, 0.4) is 0 Å². The molecule has 1 atom stereocenters. The van der Waals surface area contributed by atoms with Crippen LogP contribution in [0.4, 0.5) is 17.3 Å². The molecule has 2 aromatic rings. The lowest BCUT2D eigenvalue weighted by atomic mass is 10.2. The molecule has 1 aliphatic heterocycles. The number of hydrogen-bond donors (Lipinski definition) is 2. The van der Waals surface area contributed by atoms with Crippen LogP contribution in [0.2, 0.25) is 10.0 Å². The van der Waals surface area contributed by atoms with Crippen molar-refractivity contribution in [2.45, 2.75) is 19.4 Å². The largest absolute Gasteiger partial charge is 0.477 e. The maximum absolute atomic E-state index is 12.6. The number of carbonyl (C=O) groups is 2. The van der Waals surface area contributed by atoms with Crippen molar-refractivity contribution in [1.29, 1.82) is 0 Å². The van der Waals surface area contributed by atoms with Crippen LogP contribution in [0.25, 0.3) is 0 Å². The molecule has 2 heterocycles. The Hall–Kier alpha value is -2.51. The Morgan fingerprint density at radius 2 is 2.12 bits per heavy atom. The van der Waals surface area contributed by atoms with E-state index in [4.69, 9.17) is 33.7 Å². The second kappa shape index (κ2) is 7.39. The molecule has 0 bridgehead atoms. The lowest BCUT2D eigenvalue weighted by molar-refractivity contribution is -0.128. The summed E-state index contributed by atoms with van der Waals surface area (Å²) in [5, 5.41) is 3.19. The van der Waals surface area contributed by atoms with Crippen molar-refractivity contribution < 1.29 is 14.3 Å². The number of halogens is 2. The molecule has 2 amide bonds. The summed E-state index contributed by atoms with van der Waals surface area (Å²) in [5.74, 6) is 0.0320. The van der Waals surface area contributed by atoms with Crippen molar-refractivity contribution in [3.63, 3.8) is 0 Å². The van der Waals surface area contributed by atoms with E-state index in [0.717, 1.165) is 0 Å². The first-order valence-electron chi connectivity index (χ1n) is 7.89. The average Bonchev–Trinajstić information content (AvgIpc) is 2.61. The zero-order chi connectivity index (χ0) is 18.8. The van der Waals surface area contributed by atoms with Gasteiger partial charge in [0.2, 0.25) is 5.91 Å². The number of nitrogen functional groups attached to an aromatic ring is 1. The molecule has 136 valence electrons. The van der Waals surface area contributed by atoms with Gasteiger partial charge in [0.25, 0.3) is 5.91 Å². The van der Waals surface area contributed by atoms with Crippen molar-refractivity contribution in [2.24, 2.45) is 0 Å². The number of nitrogens with one attached hydrogen (secondary N) is 1. The molecule has 9 heteroatoms. The van der Waals surface area contributed by atoms with Crippen LogP contribution in [0, 0.1) is 0 Å². The summed E-state index contributed by atoms with van der Waals surface area (Å²) in [6, 6.07) is 8.09. The molecular formula is C17H16Cl2N4O3. The summed E-state index contributed by atoms with van der Waals surface area (Å²) in [6.45, 7) is 1.56. The fourth-order valence-corrected chi connectivity index (χ4v) is 2.91. The Kier molecular flexibility index (Phi) is 5.20. The van der Waals surface area contributed by atoms with Gasteiger partial charge in [0.05, 0.1) is 15.7 Å². The number of benzene rings is 1. The summed E-state index contributed by atoms with van der Waals surface area (Å²) in [4.78, 5) is 30.5. The highest BCUT2D eigenvalue weighted by Gasteiger charge is 2.35. The van der Waals surface area contributed by atoms with E-state index >= 15 is 0 Å². The third-order valence-corrected chi connectivity index (χ3v) is 4.64. The molecule has 26 heavy (non-hydrogen) atoms. The Labute approximate surface area is 160 Å². The van der Waals surface area contributed by atoms with Gasteiger partial charge in [-0.2, -0.15) is 0 Å². The predicted molar refractivity (Wildman–Crippen MR) is 101 cm³/mol. The molecule has 0 fully saturated rings. The minimum Gasteiger partial charge on any atom is -0.477 e. The Bertz CT molecular complexity index is 875. The molecule has 1 aromatic heterocycles. The second-order valence-electron chi connectivity index (χ2n) is 5.65. The number of hydrogen-bond acceptors (Lipinski definition) is 5. The SMILES string of the molecule is CCC1Oc2ccc(N)nc2N(CC(=O)Nc2cccc(Cl)c2Cl)C1=O. The quantitative estimate of drug-likeness (QED) is 0.829. The molecule has 0 spiro atoms. The summed E-state index contributed by atoms with van der Waals surface area (Å²) in [5.41, 5.74) is 6.07. The molecule has 1 aromatic carbocycles. The number of nitrogens with two attached hydrogens (primary N) is 1. The van der Waals surface area contributed by atoms with E-state index in [9.17, 15) is 9.59 Å². The number of carbonyl (C=O) groups excluding carboxylic acids is 2. The van der Waals surface area contributed by atoms with Gasteiger partial charge in [0.15, 0.2) is 17.7 Å². The Balaban J connectivity index is 1.85. The number of rotatable bonds is 4. The minimum absolute atomic E-state index is 0.215. The van der Waals surface area contributed by atoms with Crippen molar-refractivity contribution in [3.8, 4) is 5.75 Å². The lowest BCUT2D eigenvalue weighted by Crippen LogP contribution is -2.49. The van der Waals surface area contributed by atoms with Crippen molar-refractivity contribution in [1.82, 2.24) is 4.98 Å². The Morgan fingerprint density at radius 3 is 2.85 bits per heavy atom. The monoisotopic (exact) mass is 394 g/mol. The normalized spacial score (nSPS) is 16.0. The van der Waals surface area contributed by atoms with Gasteiger partial charge in [-0.1, -0.05) is 36.2 Å². The first-order chi connectivity index (χ1) is 12.4. The van der Waals surface area contributed by atoms with Gasteiger partial charge in [-0.15, -0.1) is 0 Å². The van der Waals surface area contributed by atoms with Crippen molar-refractivity contribution >= 4 is 52.3 Å². The van der Waals surface area contributed by atoms with Crippen molar-refractivity contribution in [3.05, 3.63) is 40.4 Å². The zero-order valence-electron chi connectivity index (χ0n) is 13.8. The van der Waals surface area contributed by atoms with E-state index in [1.807, 2.05) is 6.92 Å². The average molecular weight is 395 g/mol. The van der Waals surface area contributed by atoms with Crippen molar-refractivity contribution in [2.75, 3.05) is 22.5 Å². The van der Waals surface area contributed by atoms with E-state index in [2.05, 4.69) is 10.3 Å². The van der Waals surface area contributed by atoms with Gasteiger partial charge in [0.1, 0.15) is 12.4 Å². The molecule has 0 aliphatic carbocycles. The fourth-order valence-electron chi connectivity index (χ4n) is 2.56. The molecule has 0 saturated carbocycles. The molecule has 0 saturated heterocycles. The van der Waals surface area contributed by atoms with Crippen LogP contribution >= 0.6 is 23.2 Å². The molecule has 7 nitrogen and oxygen atoms in total. The number of fused-ring (bicyclic) bond motifs is 1. The predicted octanol–water partition coefficient (Wildman–Crippen LogP) is 3.11. The summed E-state index contributed by atoms with van der Waals surface area (Å²) in [7, 11) is 0. The molecule has 3 rings (SSSR count). The summed E-state index contributed by atoms with van der Waals surface area (Å²) < 4.78 is 5.63. The molecule has 0 radical (unpaired) electrons. The summed E-state index contributed by atoms with van der Waals surface area (Å²) in [6.07, 6.45) is -0.226. The molecule has 1 aliphatic rings. The van der Waals surface area contributed by atoms with E-state index < -0.39 is 12.0 Å². The topological polar surface area (TPSA) is 97.6 Å². The van der Waals surface area contributed by atoms with Gasteiger partial charge in [-0.3, -0.25) is 14.5 Å². The maximum Gasteiger partial charge on any atom is 0.269 e. The number of anilines is 3. The zero-order valence-corrected chi connectivity index (χ0v) is 15.3. The van der Waals surface area contributed by atoms with Crippen LogP contribution in [0.1, 0.15) is 13.3 Å². The van der Waals surface area contributed by atoms with Crippen LogP contribution in [0.5, 0.6) is 5.75 Å². The third kappa shape index (κ3) is 3.54. The van der Waals surface area contributed by atoms with E-state index in [-0.39, 0.29) is 29.1 Å². The highest BCUT2D eigenvalue weighted by Crippen LogP contribution is 2.34. The first-order valence-corrected chi connectivity index (χ1v) is 8.64. The third-order valence-electron chi connectivity index (χ3n) is 3.83. The van der Waals surface area contributed by atoms with Gasteiger partial charge in [-0.05, 0) is 30.7 Å². The molecule has 3 N–H and O–H groups in total. The number of nitrogens with zero attached hydrogens (tertiary/aromatic N) is 2. The standard InChI is InChI=1S/C17H16Cl2N4O3/c1-2-11-17(25)23(16-12(26-11)6-7-13(20)22-16)8-14(24)21-10-5-3-4-9(18)15(10)19/h3-7,11H,2,8H2,1H3,(H2,20,22)(H,21,24). The fraction of sp³-hybridized carbons (Fsp3) is 0.235. The van der Waals surface area contributed by atoms with Gasteiger partial charge >= 0.3 is 0 Å². The number of pyridine rings is 1. The highest BCUT2D eigenvalue weighted by atomic mass is 35.5. The number of aromatic nitrogens is 1. The Morgan fingerprint density at radius 1 is 1.35 bits per heavy atom.